The van der Waals surface area contributed by atoms with Crippen LogP contribution in [-0.2, 0) is 12.8 Å². The summed E-state index contributed by atoms with van der Waals surface area (Å²) in [4.78, 5) is 5.71. The van der Waals surface area contributed by atoms with Gasteiger partial charge in [-0.3, -0.25) is 4.99 Å². The van der Waals surface area contributed by atoms with Crippen molar-refractivity contribution in [3.8, 4) is 0 Å². The number of nitrogens with zero attached hydrogens (tertiary/aromatic N) is 1. The average molecular weight is 415 g/mol. The summed E-state index contributed by atoms with van der Waals surface area (Å²) in [5.41, 5.74) is 7.19. The Morgan fingerprint density at radius 3 is 2.62 bits per heavy atom. The van der Waals surface area contributed by atoms with Crippen molar-refractivity contribution in [2.45, 2.75) is 19.3 Å². The molecule has 0 spiro atoms. The molecule has 21 heavy (non-hydrogen) atoms. The predicted octanol–water partition coefficient (Wildman–Crippen LogP) is 3.45. The fourth-order valence-electron chi connectivity index (χ4n) is 1.95. The van der Waals surface area contributed by atoms with Gasteiger partial charge in [-0.15, -0.1) is 35.3 Å². The zero-order valence-electron chi connectivity index (χ0n) is 12.0. The summed E-state index contributed by atoms with van der Waals surface area (Å²) in [5, 5.41) is 5.25. The van der Waals surface area contributed by atoms with Gasteiger partial charge in [0.2, 0.25) is 0 Å². The summed E-state index contributed by atoms with van der Waals surface area (Å²) in [6, 6.07) is 14.7. The quantitative estimate of drug-likeness (QED) is 0.315. The van der Waals surface area contributed by atoms with Gasteiger partial charge in [0.1, 0.15) is 0 Å². The third-order valence-corrected chi connectivity index (χ3v) is 3.94. The van der Waals surface area contributed by atoms with Crippen LogP contribution in [0.1, 0.15) is 16.9 Å². The molecule has 0 amide bonds. The number of benzene rings is 1. The van der Waals surface area contributed by atoms with Gasteiger partial charge in [0, 0.05) is 18.0 Å². The molecule has 0 saturated heterocycles. The number of hydrogen-bond acceptors (Lipinski definition) is 2. The van der Waals surface area contributed by atoms with Crippen LogP contribution in [0.5, 0.6) is 0 Å². The van der Waals surface area contributed by atoms with Crippen molar-refractivity contribution in [3.05, 3.63) is 58.3 Å². The van der Waals surface area contributed by atoms with E-state index in [0.717, 1.165) is 32.4 Å². The number of halogens is 1. The average Bonchev–Trinajstić information content (AvgIpc) is 2.98. The van der Waals surface area contributed by atoms with Crippen LogP contribution < -0.4 is 11.1 Å². The highest BCUT2D eigenvalue weighted by Crippen LogP contribution is 2.07. The van der Waals surface area contributed by atoms with E-state index in [1.807, 2.05) is 6.07 Å². The van der Waals surface area contributed by atoms with Crippen LogP contribution in [0.15, 0.2) is 52.8 Å². The lowest BCUT2D eigenvalue weighted by atomic mass is 10.1. The number of nitrogens with one attached hydrogen (secondary N) is 1. The van der Waals surface area contributed by atoms with Crippen LogP contribution in [0.4, 0.5) is 0 Å². The Balaban J connectivity index is 0.00000220. The predicted molar refractivity (Wildman–Crippen MR) is 103 cm³/mol. The van der Waals surface area contributed by atoms with Crippen LogP contribution >= 0.6 is 35.3 Å². The molecule has 0 aliphatic rings. The molecule has 1 aromatic carbocycles. The van der Waals surface area contributed by atoms with Crippen molar-refractivity contribution in [2.24, 2.45) is 10.7 Å². The third-order valence-electron chi connectivity index (χ3n) is 3.01. The lowest BCUT2D eigenvalue weighted by Gasteiger charge is -2.04. The number of aliphatic imine (C=N–C) groups is 1. The van der Waals surface area contributed by atoms with Gasteiger partial charge in [-0.05, 0) is 36.3 Å². The zero-order chi connectivity index (χ0) is 14.0. The van der Waals surface area contributed by atoms with E-state index in [4.69, 9.17) is 5.73 Å². The monoisotopic (exact) mass is 415 g/mol. The SMILES string of the molecule is I.NC(=NCCCc1ccccc1)NCCc1cccs1. The fourth-order valence-corrected chi connectivity index (χ4v) is 2.66. The van der Waals surface area contributed by atoms with E-state index in [-0.39, 0.29) is 24.0 Å². The van der Waals surface area contributed by atoms with E-state index in [9.17, 15) is 0 Å². The fraction of sp³-hybridized carbons (Fsp3) is 0.312. The van der Waals surface area contributed by atoms with Gasteiger partial charge in [0.25, 0.3) is 0 Å². The standard InChI is InChI=1S/C16H21N3S.HI/c17-16(19-12-10-15-9-5-13-20-15)18-11-4-8-14-6-2-1-3-7-14;/h1-3,5-7,9,13H,4,8,10-12H2,(H3,17,18,19);1H. The molecule has 0 fully saturated rings. The van der Waals surface area contributed by atoms with Crippen LogP contribution in [0.3, 0.4) is 0 Å². The molecule has 0 atom stereocenters. The van der Waals surface area contributed by atoms with Crippen molar-refractivity contribution in [3.63, 3.8) is 0 Å². The first-order chi connectivity index (χ1) is 9.84. The molecular weight excluding hydrogens is 393 g/mol. The number of rotatable bonds is 7. The minimum Gasteiger partial charge on any atom is -0.370 e. The molecule has 114 valence electrons. The lowest BCUT2D eigenvalue weighted by Crippen LogP contribution is -2.33. The molecule has 5 heteroatoms. The third kappa shape index (κ3) is 7.47. The Hall–Kier alpha value is -1.08. The summed E-state index contributed by atoms with van der Waals surface area (Å²) in [6.07, 6.45) is 3.07. The second-order valence-corrected chi connectivity index (χ2v) is 5.64. The highest BCUT2D eigenvalue weighted by Gasteiger charge is 1.95. The molecule has 2 aromatic rings. The van der Waals surface area contributed by atoms with Gasteiger partial charge >= 0.3 is 0 Å². The maximum Gasteiger partial charge on any atom is 0.188 e. The number of nitrogens with two attached hydrogens (primary N) is 1. The smallest absolute Gasteiger partial charge is 0.188 e. The van der Waals surface area contributed by atoms with E-state index in [2.05, 4.69) is 52.1 Å². The molecule has 3 nitrogen and oxygen atoms in total. The Morgan fingerprint density at radius 1 is 1.10 bits per heavy atom. The molecule has 2 rings (SSSR count). The molecule has 0 aliphatic carbocycles. The molecule has 1 heterocycles. The summed E-state index contributed by atoms with van der Waals surface area (Å²) in [5.74, 6) is 0.551. The molecule has 0 unspecified atom stereocenters. The molecule has 0 saturated carbocycles. The number of hydrogen-bond donors (Lipinski definition) is 2. The molecule has 1 aromatic heterocycles. The van der Waals surface area contributed by atoms with Gasteiger partial charge in [-0.1, -0.05) is 36.4 Å². The Bertz CT molecular complexity index is 512. The van der Waals surface area contributed by atoms with Crippen LogP contribution in [0, 0.1) is 0 Å². The maximum atomic E-state index is 5.83. The van der Waals surface area contributed by atoms with Gasteiger partial charge in [-0.2, -0.15) is 0 Å². The number of aryl methyl sites for hydroxylation is 1. The highest BCUT2D eigenvalue weighted by molar-refractivity contribution is 14.0. The largest absolute Gasteiger partial charge is 0.370 e. The number of thiophene rings is 1. The second-order valence-electron chi connectivity index (χ2n) is 4.61. The topological polar surface area (TPSA) is 50.4 Å². The highest BCUT2D eigenvalue weighted by atomic mass is 127. The van der Waals surface area contributed by atoms with Crippen LogP contribution in [-0.4, -0.2) is 19.0 Å². The molecule has 0 aliphatic heterocycles. The molecular formula is C16H22IN3S. The minimum absolute atomic E-state index is 0. The van der Waals surface area contributed by atoms with Gasteiger partial charge < -0.3 is 11.1 Å². The number of guanidine groups is 1. The second kappa shape index (κ2) is 10.6. The van der Waals surface area contributed by atoms with Gasteiger partial charge in [-0.25, -0.2) is 0 Å². The van der Waals surface area contributed by atoms with Crippen LogP contribution in [0.2, 0.25) is 0 Å². The van der Waals surface area contributed by atoms with Crippen molar-refractivity contribution >= 4 is 41.3 Å². The summed E-state index contributed by atoms with van der Waals surface area (Å²) < 4.78 is 0. The first-order valence-corrected chi connectivity index (χ1v) is 7.82. The van der Waals surface area contributed by atoms with Gasteiger partial charge in [0.05, 0.1) is 0 Å². The molecule has 3 N–H and O–H groups in total. The molecule has 0 bridgehead atoms. The minimum atomic E-state index is 0. The van der Waals surface area contributed by atoms with E-state index < -0.39 is 0 Å². The van der Waals surface area contributed by atoms with E-state index in [1.54, 1.807) is 11.3 Å². The normalized spacial score (nSPS) is 11.0. The Morgan fingerprint density at radius 2 is 1.90 bits per heavy atom. The zero-order valence-corrected chi connectivity index (χ0v) is 15.1. The summed E-state index contributed by atoms with van der Waals surface area (Å²) in [6.45, 7) is 1.61. The maximum absolute atomic E-state index is 5.83. The lowest BCUT2D eigenvalue weighted by molar-refractivity contribution is 0.810. The van der Waals surface area contributed by atoms with Crippen LogP contribution in [0.25, 0.3) is 0 Å². The van der Waals surface area contributed by atoms with E-state index in [1.165, 1.54) is 10.4 Å². The van der Waals surface area contributed by atoms with E-state index in [0.29, 0.717) is 5.96 Å². The van der Waals surface area contributed by atoms with Crippen molar-refractivity contribution in [2.75, 3.05) is 13.1 Å². The first kappa shape index (κ1) is 18.0. The summed E-state index contributed by atoms with van der Waals surface area (Å²) in [7, 11) is 0. The van der Waals surface area contributed by atoms with Crippen molar-refractivity contribution in [1.29, 1.82) is 0 Å². The Labute approximate surface area is 147 Å². The van der Waals surface area contributed by atoms with Crippen molar-refractivity contribution < 1.29 is 0 Å². The van der Waals surface area contributed by atoms with Crippen molar-refractivity contribution in [1.82, 2.24) is 5.32 Å². The first-order valence-electron chi connectivity index (χ1n) is 6.95. The van der Waals surface area contributed by atoms with Gasteiger partial charge in [0.15, 0.2) is 5.96 Å². The van der Waals surface area contributed by atoms with E-state index >= 15 is 0 Å². The summed E-state index contributed by atoms with van der Waals surface area (Å²) >= 11 is 1.77. The Kier molecular flexibility index (Phi) is 9.09. The molecule has 0 radical (unpaired) electrons.